The first kappa shape index (κ1) is 15.5. The van der Waals surface area contributed by atoms with Gasteiger partial charge in [-0.3, -0.25) is 14.7 Å². The SMILES string of the molecule is Cn1oc(=O)cc1NC(=O)C1CCCN(Cc2cccnc2)C1. The average molecular weight is 316 g/mol. The van der Waals surface area contributed by atoms with Crippen molar-refractivity contribution in [1.29, 1.82) is 0 Å². The normalized spacial score (nSPS) is 18.7. The second-order valence-electron chi connectivity index (χ2n) is 5.86. The fraction of sp³-hybridized carbons (Fsp3) is 0.438. The highest BCUT2D eigenvalue weighted by atomic mass is 16.5. The monoisotopic (exact) mass is 316 g/mol. The number of amides is 1. The van der Waals surface area contributed by atoms with E-state index >= 15 is 0 Å². The third kappa shape index (κ3) is 3.87. The molecule has 1 amide bonds. The minimum atomic E-state index is -0.468. The lowest BCUT2D eigenvalue weighted by atomic mass is 9.97. The molecule has 1 saturated heterocycles. The number of carbonyl (C=O) groups excluding carboxylic acids is 1. The molecule has 1 atom stereocenters. The summed E-state index contributed by atoms with van der Waals surface area (Å²) >= 11 is 0. The summed E-state index contributed by atoms with van der Waals surface area (Å²) in [4.78, 5) is 30.0. The van der Waals surface area contributed by atoms with E-state index in [1.54, 1.807) is 13.2 Å². The third-order valence-electron chi connectivity index (χ3n) is 4.08. The van der Waals surface area contributed by atoms with Crippen LogP contribution in [0.1, 0.15) is 18.4 Å². The number of aryl methyl sites for hydroxylation is 1. The number of aromatic nitrogens is 2. The van der Waals surface area contributed by atoms with Crippen LogP contribution >= 0.6 is 0 Å². The summed E-state index contributed by atoms with van der Waals surface area (Å²) in [5.74, 6) is 0.229. The summed E-state index contributed by atoms with van der Waals surface area (Å²) in [5, 5.41) is 2.78. The Morgan fingerprint density at radius 2 is 2.39 bits per heavy atom. The van der Waals surface area contributed by atoms with Crippen molar-refractivity contribution >= 4 is 11.7 Å². The van der Waals surface area contributed by atoms with Crippen LogP contribution in [-0.2, 0) is 18.4 Å². The van der Waals surface area contributed by atoms with Crippen molar-refractivity contribution in [2.45, 2.75) is 19.4 Å². The Morgan fingerprint density at radius 1 is 1.52 bits per heavy atom. The van der Waals surface area contributed by atoms with Crippen molar-refractivity contribution in [2.24, 2.45) is 13.0 Å². The van der Waals surface area contributed by atoms with Gasteiger partial charge < -0.3 is 9.84 Å². The number of carbonyl (C=O) groups is 1. The zero-order valence-corrected chi connectivity index (χ0v) is 13.1. The van der Waals surface area contributed by atoms with Gasteiger partial charge in [-0.2, -0.15) is 4.74 Å². The molecule has 3 heterocycles. The minimum absolute atomic E-state index is 0.0720. The highest BCUT2D eigenvalue weighted by Gasteiger charge is 2.26. The molecule has 0 bridgehead atoms. The van der Waals surface area contributed by atoms with E-state index in [2.05, 4.69) is 15.2 Å². The number of pyridine rings is 1. The molecule has 0 aliphatic carbocycles. The molecule has 1 unspecified atom stereocenters. The zero-order valence-electron chi connectivity index (χ0n) is 13.1. The fourth-order valence-electron chi connectivity index (χ4n) is 2.92. The van der Waals surface area contributed by atoms with E-state index in [0.29, 0.717) is 12.4 Å². The molecule has 2 aromatic heterocycles. The maximum Gasteiger partial charge on any atom is 0.359 e. The predicted molar refractivity (Wildman–Crippen MR) is 84.8 cm³/mol. The van der Waals surface area contributed by atoms with Crippen LogP contribution < -0.4 is 10.9 Å². The van der Waals surface area contributed by atoms with E-state index < -0.39 is 5.63 Å². The maximum atomic E-state index is 12.4. The Hall–Kier alpha value is -2.41. The average Bonchev–Trinajstić information content (AvgIpc) is 2.86. The van der Waals surface area contributed by atoms with Crippen LogP contribution in [0.4, 0.5) is 5.82 Å². The lowest BCUT2D eigenvalue weighted by Crippen LogP contribution is -2.40. The topological polar surface area (TPSA) is 80.4 Å². The fourth-order valence-corrected chi connectivity index (χ4v) is 2.92. The number of anilines is 1. The summed E-state index contributed by atoms with van der Waals surface area (Å²) in [6, 6.07) is 5.24. The number of hydrogen-bond donors (Lipinski definition) is 1. The molecule has 1 aliphatic rings. The first-order chi connectivity index (χ1) is 11.1. The van der Waals surface area contributed by atoms with Gasteiger partial charge in [0.15, 0.2) is 5.82 Å². The van der Waals surface area contributed by atoms with Crippen LogP contribution in [0.2, 0.25) is 0 Å². The zero-order chi connectivity index (χ0) is 16.2. The van der Waals surface area contributed by atoms with Crippen molar-refractivity contribution in [3.05, 3.63) is 46.6 Å². The van der Waals surface area contributed by atoms with Gasteiger partial charge in [-0.1, -0.05) is 6.07 Å². The molecule has 1 N–H and O–H groups in total. The third-order valence-corrected chi connectivity index (χ3v) is 4.08. The standard InChI is InChI=1S/C16H20N4O3/c1-19-14(8-15(21)23-19)18-16(22)13-5-3-7-20(11-13)10-12-4-2-6-17-9-12/h2,4,6,8-9,13H,3,5,7,10-11H2,1H3,(H,18,22). The van der Waals surface area contributed by atoms with Crippen molar-refractivity contribution in [1.82, 2.24) is 14.6 Å². The van der Waals surface area contributed by atoms with Crippen LogP contribution in [0.25, 0.3) is 0 Å². The van der Waals surface area contributed by atoms with Gasteiger partial charge in [0, 0.05) is 32.5 Å². The van der Waals surface area contributed by atoms with Crippen molar-refractivity contribution < 1.29 is 9.32 Å². The lowest BCUT2D eigenvalue weighted by molar-refractivity contribution is -0.121. The van der Waals surface area contributed by atoms with Crippen molar-refractivity contribution in [2.75, 3.05) is 18.4 Å². The van der Waals surface area contributed by atoms with Gasteiger partial charge in [0.05, 0.1) is 12.0 Å². The Labute approximate surface area is 133 Å². The largest absolute Gasteiger partial charge is 0.359 e. The second-order valence-corrected chi connectivity index (χ2v) is 5.86. The van der Waals surface area contributed by atoms with Crippen LogP contribution in [0.5, 0.6) is 0 Å². The lowest BCUT2D eigenvalue weighted by Gasteiger charge is -2.31. The number of piperidine rings is 1. The second kappa shape index (κ2) is 6.78. The quantitative estimate of drug-likeness (QED) is 0.917. The van der Waals surface area contributed by atoms with Crippen LogP contribution in [0.15, 0.2) is 39.9 Å². The first-order valence-electron chi connectivity index (χ1n) is 7.71. The molecule has 1 fully saturated rings. The van der Waals surface area contributed by atoms with Crippen LogP contribution in [-0.4, -0.2) is 33.6 Å². The highest BCUT2D eigenvalue weighted by molar-refractivity contribution is 5.91. The molecule has 0 radical (unpaired) electrons. The summed E-state index contributed by atoms with van der Waals surface area (Å²) in [6.45, 7) is 2.47. The molecular formula is C16H20N4O3. The molecule has 122 valence electrons. The van der Waals surface area contributed by atoms with Gasteiger partial charge in [-0.25, -0.2) is 4.79 Å². The van der Waals surface area contributed by atoms with Gasteiger partial charge in [-0.05, 0) is 31.0 Å². The molecule has 7 nitrogen and oxygen atoms in total. The van der Waals surface area contributed by atoms with Gasteiger partial charge in [-0.15, -0.1) is 0 Å². The summed E-state index contributed by atoms with van der Waals surface area (Å²) in [5.41, 5.74) is 0.676. The van der Waals surface area contributed by atoms with Gasteiger partial charge in [0.25, 0.3) is 0 Å². The first-order valence-corrected chi connectivity index (χ1v) is 7.71. The Bertz CT molecular complexity index is 722. The van der Waals surface area contributed by atoms with E-state index in [1.165, 1.54) is 10.8 Å². The summed E-state index contributed by atoms with van der Waals surface area (Å²) < 4.78 is 6.11. The molecule has 1 aliphatic heterocycles. The number of nitrogens with zero attached hydrogens (tertiary/aromatic N) is 3. The Morgan fingerprint density at radius 3 is 3.09 bits per heavy atom. The van der Waals surface area contributed by atoms with Crippen LogP contribution in [0, 0.1) is 5.92 Å². The molecular weight excluding hydrogens is 296 g/mol. The number of likely N-dealkylation sites (tertiary alicyclic amines) is 1. The molecule has 3 rings (SSSR count). The number of hydrogen-bond acceptors (Lipinski definition) is 5. The van der Waals surface area contributed by atoms with Gasteiger partial charge in [0.1, 0.15) is 0 Å². The summed E-state index contributed by atoms with van der Waals surface area (Å²) in [7, 11) is 1.59. The molecule has 2 aromatic rings. The van der Waals surface area contributed by atoms with Crippen molar-refractivity contribution in [3.63, 3.8) is 0 Å². The van der Waals surface area contributed by atoms with E-state index in [-0.39, 0.29) is 11.8 Å². The molecule has 0 spiro atoms. The molecule has 7 heteroatoms. The van der Waals surface area contributed by atoms with Gasteiger partial charge >= 0.3 is 5.63 Å². The van der Waals surface area contributed by atoms with E-state index in [0.717, 1.165) is 31.5 Å². The van der Waals surface area contributed by atoms with E-state index in [9.17, 15) is 9.59 Å². The maximum absolute atomic E-state index is 12.4. The number of rotatable bonds is 4. The number of nitrogens with one attached hydrogen (secondary N) is 1. The molecule has 0 saturated carbocycles. The Balaban J connectivity index is 1.60. The van der Waals surface area contributed by atoms with E-state index in [4.69, 9.17) is 4.52 Å². The molecule has 0 aromatic carbocycles. The Kier molecular flexibility index (Phi) is 4.57. The molecule has 23 heavy (non-hydrogen) atoms. The summed E-state index contributed by atoms with van der Waals surface area (Å²) in [6.07, 6.45) is 5.43. The van der Waals surface area contributed by atoms with E-state index in [1.807, 2.05) is 18.3 Å². The highest BCUT2D eigenvalue weighted by Crippen LogP contribution is 2.20. The van der Waals surface area contributed by atoms with Crippen LogP contribution in [0.3, 0.4) is 0 Å². The predicted octanol–water partition coefficient (Wildman–Crippen LogP) is 1.22. The van der Waals surface area contributed by atoms with Crippen molar-refractivity contribution in [3.8, 4) is 0 Å². The van der Waals surface area contributed by atoms with Gasteiger partial charge in [0.2, 0.25) is 5.91 Å². The smallest absolute Gasteiger partial charge is 0.335 e. The minimum Gasteiger partial charge on any atom is -0.335 e.